The highest BCUT2D eigenvalue weighted by Gasteiger charge is 2.42. The Bertz CT molecular complexity index is 775. The van der Waals surface area contributed by atoms with E-state index in [1.807, 2.05) is 0 Å². The number of hydrogen-bond donors (Lipinski definition) is 2. The molecule has 9 heteroatoms. The number of carbonyl (C=O) groups is 3. The Labute approximate surface area is 140 Å². The fraction of sp³-hybridized carbons (Fsp3) is 0.400. The Balaban J connectivity index is 2.13. The highest BCUT2D eigenvalue weighted by Crippen LogP contribution is 2.28. The van der Waals surface area contributed by atoms with Gasteiger partial charge in [-0.15, -0.1) is 0 Å². The highest BCUT2D eigenvalue weighted by molar-refractivity contribution is 7.94. The molecule has 2 rings (SSSR count). The van der Waals surface area contributed by atoms with Gasteiger partial charge in [-0.2, -0.15) is 0 Å². The fourth-order valence-electron chi connectivity index (χ4n) is 2.38. The smallest absolute Gasteiger partial charge is 0.251 e. The summed E-state index contributed by atoms with van der Waals surface area (Å²) < 4.78 is 25.0. The lowest BCUT2D eigenvalue weighted by molar-refractivity contribution is -0.120. The van der Waals surface area contributed by atoms with Gasteiger partial charge in [-0.1, -0.05) is 13.0 Å². The summed E-state index contributed by atoms with van der Waals surface area (Å²) in [5, 5.41) is 5.15. The minimum absolute atomic E-state index is 0.152. The second-order valence-electron chi connectivity index (χ2n) is 5.57. The summed E-state index contributed by atoms with van der Waals surface area (Å²) in [6.45, 7) is 3.45. The lowest BCUT2D eigenvalue weighted by Crippen LogP contribution is -2.34. The summed E-state index contributed by atoms with van der Waals surface area (Å²) in [4.78, 5) is 34.9. The standard InChI is InChI=1S/C15H19N3O5S/c1-10-9-24(22,23)18(15(10)21)13-5-3-4-12(8-13)14(20)17-7-6-16-11(2)19/h3-5,8,10H,6-7,9H2,1-2H3,(H,16,19)(H,17,20). The molecule has 8 nitrogen and oxygen atoms in total. The van der Waals surface area contributed by atoms with Gasteiger partial charge >= 0.3 is 0 Å². The van der Waals surface area contributed by atoms with Crippen LogP contribution < -0.4 is 14.9 Å². The van der Waals surface area contributed by atoms with E-state index in [9.17, 15) is 22.8 Å². The first-order valence-electron chi connectivity index (χ1n) is 7.42. The van der Waals surface area contributed by atoms with Gasteiger partial charge in [-0.3, -0.25) is 14.4 Å². The Kier molecular flexibility index (Phi) is 5.23. The molecule has 0 bridgehead atoms. The van der Waals surface area contributed by atoms with Crippen LogP contribution in [0.25, 0.3) is 0 Å². The van der Waals surface area contributed by atoms with Gasteiger partial charge in [0.1, 0.15) is 0 Å². The molecule has 24 heavy (non-hydrogen) atoms. The summed E-state index contributed by atoms with van der Waals surface area (Å²) in [5.41, 5.74) is 0.386. The summed E-state index contributed by atoms with van der Waals surface area (Å²) >= 11 is 0. The maximum absolute atomic E-state index is 12.1. The van der Waals surface area contributed by atoms with Gasteiger partial charge in [-0.25, -0.2) is 12.7 Å². The van der Waals surface area contributed by atoms with Crippen molar-refractivity contribution in [2.75, 3.05) is 23.1 Å². The van der Waals surface area contributed by atoms with Crippen LogP contribution in [-0.2, 0) is 19.6 Å². The van der Waals surface area contributed by atoms with Crippen LogP contribution in [0.4, 0.5) is 5.69 Å². The zero-order valence-corrected chi connectivity index (χ0v) is 14.2. The van der Waals surface area contributed by atoms with Gasteiger partial charge < -0.3 is 10.6 Å². The minimum Gasteiger partial charge on any atom is -0.355 e. The van der Waals surface area contributed by atoms with Gasteiger partial charge in [0, 0.05) is 25.6 Å². The SMILES string of the molecule is CC(=O)NCCNC(=O)c1cccc(N2C(=O)C(C)CS2(=O)=O)c1. The van der Waals surface area contributed by atoms with Crippen LogP contribution in [0.5, 0.6) is 0 Å². The van der Waals surface area contributed by atoms with Crippen molar-refractivity contribution in [3.63, 3.8) is 0 Å². The van der Waals surface area contributed by atoms with Gasteiger partial charge in [0.2, 0.25) is 21.8 Å². The van der Waals surface area contributed by atoms with E-state index in [0.29, 0.717) is 0 Å². The van der Waals surface area contributed by atoms with E-state index in [1.165, 1.54) is 31.2 Å². The third kappa shape index (κ3) is 3.91. The van der Waals surface area contributed by atoms with Crippen molar-refractivity contribution >= 4 is 33.4 Å². The van der Waals surface area contributed by atoms with E-state index < -0.39 is 27.8 Å². The second kappa shape index (κ2) is 7.00. The molecule has 1 saturated heterocycles. The molecule has 1 heterocycles. The minimum atomic E-state index is -3.71. The van der Waals surface area contributed by atoms with Crippen molar-refractivity contribution in [3.8, 4) is 0 Å². The largest absolute Gasteiger partial charge is 0.355 e. The summed E-state index contributed by atoms with van der Waals surface area (Å²) in [5.74, 6) is -1.96. The summed E-state index contributed by atoms with van der Waals surface area (Å²) in [7, 11) is -3.71. The number of nitrogens with one attached hydrogen (secondary N) is 2. The normalized spacial score (nSPS) is 19.2. The average Bonchev–Trinajstić information content (AvgIpc) is 2.71. The number of hydrogen-bond acceptors (Lipinski definition) is 5. The molecule has 1 aliphatic heterocycles. The van der Waals surface area contributed by atoms with Gasteiger partial charge in [0.05, 0.1) is 17.4 Å². The van der Waals surface area contributed by atoms with Crippen molar-refractivity contribution in [1.82, 2.24) is 10.6 Å². The molecule has 0 aliphatic carbocycles. The van der Waals surface area contributed by atoms with Crippen molar-refractivity contribution in [2.45, 2.75) is 13.8 Å². The molecule has 130 valence electrons. The predicted octanol–water partition coefficient (Wildman–Crippen LogP) is -0.135. The van der Waals surface area contributed by atoms with E-state index in [1.54, 1.807) is 6.92 Å². The first kappa shape index (κ1) is 17.9. The number of amides is 3. The maximum atomic E-state index is 12.1. The molecule has 0 radical (unpaired) electrons. The molecule has 2 N–H and O–H groups in total. The van der Waals surface area contributed by atoms with E-state index in [0.717, 1.165) is 4.31 Å². The molecule has 1 aliphatic rings. The molecule has 1 unspecified atom stereocenters. The maximum Gasteiger partial charge on any atom is 0.251 e. The molecule has 1 aromatic rings. The van der Waals surface area contributed by atoms with Crippen molar-refractivity contribution in [2.24, 2.45) is 5.92 Å². The lowest BCUT2D eigenvalue weighted by atomic mass is 10.1. The molecule has 3 amide bonds. The molecule has 0 aromatic heterocycles. The Morgan fingerprint density at radius 3 is 2.50 bits per heavy atom. The zero-order chi connectivity index (χ0) is 17.9. The van der Waals surface area contributed by atoms with Crippen molar-refractivity contribution < 1.29 is 22.8 Å². The van der Waals surface area contributed by atoms with Crippen LogP contribution in [0.3, 0.4) is 0 Å². The van der Waals surface area contributed by atoms with Gasteiger partial charge in [0.25, 0.3) is 5.91 Å². The second-order valence-corrected chi connectivity index (χ2v) is 7.43. The third-order valence-electron chi connectivity index (χ3n) is 3.49. The first-order valence-corrected chi connectivity index (χ1v) is 9.03. The average molecular weight is 353 g/mol. The Morgan fingerprint density at radius 2 is 1.92 bits per heavy atom. The van der Waals surface area contributed by atoms with E-state index in [4.69, 9.17) is 0 Å². The van der Waals surface area contributed by atoms with Gasteiger partial charge in [0.15, 0.2) is 0 Å². The zero-order valence-electron chi connectivity index (χ0n) is 13.4. The van der Waals surface area contributed by atoms with Gasteiger partial charge in [-0.05, 0) is 18.2 Å². The van der Waals surface area contributed by atoms with Crippen LogP contribution in [0.1, 0.15) is 24.2 Å². The van der Waals surface area contributed by atoms with Crippen LogP contribution in [0.2, 0.25) is 0 Å². The Hall–Kier alpha value is -2.42. The predicted molar refractivity (Wildman–Crippen MR) is 87.9 cm³/mol. The molecule has 0 spiro atoms. The Morgan fingerprint density at radius 1 is 1.25 bits per heavy atom. The van der Waals surface area contributed by atoms with Crippen molar-refractivity contribution in [3.05, 3.63) is 29.8 Å². The number of carbonyl (C=O) groups excluding carboxylic acids is 3. The quantitative estimate of drug-likeness (QED) is 0.716. The molecular formula is C15H19N3O5S. The van der Waals surface area contributed by atoms with Crippen LogP contribution in [0.15, 0.2) is 24.3 Å². The van der Waals surface area contributed by atoms with E-state index in [-0.39, 0.29) is 36.0 Å². The molecule has 1 atom stereocenters. The third-order valence-corrected chi connectivity index (χ3v) is 5.36. The fourth-order valence-corrected chi connectivity index (χ4v) is 4.19. The number of sulfonamides is 1. The number of rotatable bonds is 5. The molecule has 1 fully saturated rings. The highest BCUT2D eigenvalue weighted by atomic mass is 32.2. The van der Waals surface area contributed by atoms with Crippen LogP contribution in [0, 0.1) is 5.92 Å². The first-order chi connectivity index (χ1) is 11.2. The van der Waals surface area contributed by atoms with E-state index >= 15 is 0 Å². The topological polar surface area (TPSA) is 113 Å². The van der Waals surface area contributed by atoms with Crippen LogP contribution in [-0.4, -0.2) is 45.0 Å². The monoisotopic (exact) mass is 353 g/mol. The molecule has 0 saturated carbocycles. The number of anilines is 1. The molecule has 1 aromatic carbocycles. The van der Waals surface area contributed by atoms with E-state index in [2.05, 4.69) is 10.6 Å². The number of nitrogens with zero attached hydrogens (tertiary/aromatic N) is 1. The lowest BCUT2D eigenvalue weighted by Gasteiger charge is -2.16. The number of benzene rings is 1. The molecular weight excluding hydrogens is 334 g/mol. The van der Waals surface area contributed by atoms with Crippen LogP contribution >= 0.6 is 0 Å². The summed E-state index contributed by atoms with van der Waals surface area (Å²) in [6, 6.07) is 5.88. The summed E-state index contributed by atoms with van der Waals surface area (Å²) in [6.07, 6.45) is 0. The van der Waals surface area contributed by atoms with Crippen molar-refractivity contribution in [1.29, 1.82) is 0 Å².